The molecule has 0 unspecified atom stereocenters. The van der Waals surface area contributed by atoms with Crippen molar-refractivity contribution in [3.63, 3.8) is 0 Å². The molecule has 0 aromatic heterocycles. The molecule has 0 saturated carbocycles. The summed E-state index contributed by atoms with van der Waals surface area (Å²) in [6, 6.07) is 11.5. The molecule has 1 saturated heterocycles. The van der Waals surface area contributed by atoms with Crippen LogP contribution in [-0.4, -0.2) is 58.1 Å². The van der Waals surface area contributed by atoms with Gasteiger partial charge in [-0.05, 0) is 55.8 Å². The van der Waals surface area contributed by atoms with Crippen molar-refractivity contribution >= 4 is 15.9 Å². The standard InChI is InChI=1S/C22H28N2O6S/c1-3-29-20-10-5-17(15-21(20)30-4-2)16-23-22(25)18-6-8-19(9-7-18)31(26,27)24-11-13-28-14-12-24/h5-10,15H,3-4,11-14,16H2,1-2H3,(H,23,25). The van der Waals surface area contributed by atoms with Crippen molar-refractivity contribution in [2.45, 2.75) is 25.3 Å². The van der Waals surface area contributed by atoms with E-state index in [1.54, 1.807) is 0 Å². The van der Waals surface area contributed by atoms with E-state index in [0.29, 0.717) is 63.1 Å². The highest BCUT2D eigenvalue weighted by Crippen LogP contribution is 2.28. The summed E-state index contributed by atoms with van der Waals surface area (Å²) in [7, 11) is -3.58. The van der Waals surface area contributed by atoms with Crippen molar-refractivity contribution < 1.29 is 27.4 Å². The van der Waals surface area contributed by atoms with E-state index in [1.165, 1.54) is 28.6 Å². The summed E-state index contributed by atoms with van der Waals surface area (Å²) < 4.78 is 43.1. The third-order valence-corrected chi connectivity index (χ3v) is 6.70. The molecule has 2 aromatic rings. The van der Waals surface area contributed by atoms with Gasteiger partial charge in [0, 0.05) is 25.2 Å². The van der Waals surface area contributed by atoms with Crippen LogP contribution in [0.2, 0.25) is 0 Å². The minimum atomic E-state index is -3.58. The van der Waals surface area contributed by atoms with E-state index in [2.05, 4.69) is 5.32 Å². The molecule has 0 spiro atoms. The van der Waals surface area contributed by atoms with Crippen LogP contribution >= 0.6 is 0 Å². The normalized spacial score (nSPS) is 14.8. The minimum Gasteiger partial charge on any atom is -0.490 e. The van der Waals surface area contributed by atoms with E-state index in [-0.39, 0.29) is 10.8 Å². The van der Waals surface area contributed by atoms with Crippen molar-refractivity contribution in [2.24, 2.45) is 0 Å². The summed E-state index contributed by atoms with van der Waals surface area (Å²) in [4.78, 5) is 12.7. The van der Waals surface area contributed by atoms with Crippen LogP contribution < -0.4 is 14.8 Å². The van der Waals surface area contributed by atoms with E-state index in [9.17, 15) is 13.2 Å². The van der Waals surface area contributed by atoms with Crippen LogP contribution in [0.5, 0.6) is 11.5 Å². The van der Waals surface area contributed by atoms with Crippen molar-refractivity contribution in [1.82, 2.24) is 9.62 Å². The molecule has 1 fully saturated rings. The van der Waals surface area contributed by atoms with Crippen LogP contribution in [-0.2, 0) is 21.3 Å². The monoisotopic (exact) mass is 448 g/mol. The Morgan fingerprint density at radius 1 is 1.00 bits per heavy atom. The second-order valence-corrected chi connectivity index (χ2v) is 8.81. The molecule has 0 radical (unpaired) electrons. The number of hydrogen-bond donors (Lipinski definition) is 1. The first kappa shape index (κ1) is 23.1. The van der Waals surface area contributed by atoms with E-state index >= 15 is 0 Å². The lowest BCUT2D eigenvalue weighted by atomic mass is 10.1. The molecule has 1 amide bonds. The average Bonchev–Trinajstić information content (AvgIpc) is 2.80. The summed E-state index contributed by atoms with van der Waals surface area (Å²) >= 11 is 0. The second kappa shape index (κ2) is 10.6. The predicted molar refractivity (Wildman–Crippen MR) is 116 cm³/mol. The predicted octanol–water partition coefficient (Wildman–Crippen LogP) is 2.43. The zero-order valence-electron chi connectivity index (χ0n) is 17.8. The summed E-state index contributed by atoms with van der Waals surface area (Å²) in [5.74, 6) is 1.01. The van der Waals surface area contributed by atoms with E-state index in [1.807, 2.05) is 32.0 Å². The highest BCUT2D eigenvalue weighted by molar-refractivity contribution is 7.89. The zero-order chi connectivity index (χ0) is 22.3. The van der Waals surface area contributed by atoms with Crippen molar-refractivity contribution in [1.29, 1.82) is 0 Å². The van der Waals surface area contributed by atoms with Crippen molar-refractivity contribution in [3.8, 4) is 11.5 Å². The molecule has 3 rings (SSSR count). The lowest BCUT2D eigenvalue weighted by molar-refractivity contribution is 0.0730. The molecular formula is C22H28N2O6S. The van der Waals surface area contributed by atoms with Gasteiger partial charge in [0.1, 0.15) is 0 Å². The Morgan fingerprint density at radius 3 is 2.29 bits per heavy atom. The molecule has 168 valence electrons. The van der Waals surface area contributed by atoms with Gasteiger partial charge in [-0.2, -0.15) is 4.31 Å². The molecule has 1 heterocycles. The number of benzene rings is 2. The third-order valence-electron chi connectivity index (χ3n) is 4.79. The van der Waals surface area contributed by atoms with Gasteiger partial charge in [0.25, 0.3) is 5.91 Å². The number of carbonyl (C=O) groups is 1. The molecule has 31 heavy (non-hydrogen) atoms. The summed E-state index contributed by atoms with van der Waals surface area (Å²) in [6.07, 6.45) is 0. The van der Waals surface area contributed by atoms with Crippen LogP contribution in [0.4, 0.5) is 0 Å². The molecule has 0 bridgehead atoms. The molecule has 1 aliphatic rings. The molecule has 0 atom stereocenters. The Kier molecular flexibility index (Phi) is 7.89. The first-order valence-electron chi connectivity index (χ1n) is 10.3. The summed E-state index contributed by atoms with van der Waals surface area (Å²) in [5.41, 5.74) is 1.25. The molecule has 9 heteroatoms. The Labute approximate surface area is 183 Å². The Hall–Kier alpha value is -2.62. The van der Waals surface area contributed by atoms with Crippen LogP contribution in [0.1, 0.15) is 29.8 Å². The number of nitrogens with one attached hydrogen (secondary N) is 1. The SMILES string of the molecule is CCOc1ccc(CNC(=O)c2ccc(S(=O)(=O)N3CCOCC3)cc2)cc1OCC. The van der Waals surface area contributed by atoms with Gasteiger partial charge in [-0.1, -0.05) is 6.07 Å². The molecule has 1 N–H and O–H groups in total. The number of carbonyl (C=O) groups excluding carboxylic acids is 1. The van der Waals surface area contributed by atoms with Gasteiger partial charge >= 0.3 is 0 Å². The van der Waals surface area contributed by atoms with Crippen LogP contribution in [0.25, 0.3) is 0 Å². The maximum atomic E-state index is 12.7. The molecule has 1 aliphatic heterocycles. The van der Waals surface area contributed by atoms with Gasteiger partial charge in [-0.3, -0.25) is 4.79 Å². The van der Waals surface area contributed by atoms with Gasteiger partial charge in [0.05, 0.1) is 31.3 Å². The summed E-state index contributed by atoms with van der Waals surface area (Å²) in [6.45, 7) is 6.58. The fourth-order valence-corrected chi connectivity index (χ4v) is 4.61. The van der Waals surface area contributed by atoms with Crippen LogP contribution in [0.3, 0.4) is 0 Å². The third kappa shape index (κ3) is 5.75. The van der Waals surface area contributed by atoms with Gasteiger partial charge in [-0.25, -0.2) is 8.42 Å². The van der Waals surface area contributed by atoms with Crippen LogP contribution in [0.15, 0.2) is 47.4 Å². The van der Waals surface area contributed by atoms with E-state index in [4.69, 9.17) is 14.2 Å². The number of hydrogen-bond acceptors (Lipinski definition) is 6. The van der Waals surface area contributed by atoms with Gasteiger partial charge in [-0.15, -0.1) is 0 Å². The number of amides is 1. The number of rotatable bonds is 9. The molecular weight excluding hydrogens is 420 g/mol. The smallest absolute Gasteiger partial charge is 0.251 e. The Morgan fingerprint density at radius 2 is 1.65 bits per heavy atom. The Balaban J connectivity index is 1.64. The number of sulfonamides is 1. The highest BCUT2D eigenvalue weighted by Gasteiger charge is 2.26. The molecule has 8 nitrogen and oxygen atoms in total. The van der Waals surface area contributed by atoms with Gasteiger partial charge in [0.15, 0.2) is 11.5 Å². The second-order valence-electron chi connectivity index (χ2n) is 6.87. The average molecular weight is 449 g/mol. The van der Waals surface area contributed by atoms with Gasteiger partial charge in [0.2, 0.25) is 10.0 Å². The highest BCUT2D eigenvalue weighted by atomic mass is 32.2. The first-order valence-corrected chi connectivity index (χ1v) is 11.7. The minimum absolute atomic E-state index is 0.166. The zero-order valence-corrected chi connectivity index (χ0v) is 18.6. The van der Waals surface area contributed by atoms with Crippen LogP contribution in [0, 0.1) is 0 Å². The lowest BCUT2D eigenvalue weighted by Gasteiger charge is -2.26. The first-order chi connectivity index (χ1) is 15.0. The number of ether oxygens (including phenoxy) is 3. The Bertz CT molecular complexity index is 986. The fourth-order valence-electron chi connectivity index (χ4n) is 3.20. The van der Waals surface area contributed by atoms with Crippen molar-refractivity contribution in [3.05, 3.63) is 53.6 Å². The summed E-state index contributed by atoms with van der Waals surface area (Å²) in [5, 5.41) is 2.85. The molecule has 2 aromatic carbocycles. The lowest BCUT2D eigenvalue weighted by Crippen LogP contribution is -2.40. The van der Waals surface area contributed by atoms with Gasteiger partial charge < -0.3 is 19.5 Å². The maximum absolute atomic E-state index is 12.7. The van der Waals surface area contributed by atoms with Crippen molar-refractivity contribution in [2.75, 3.05) is 39.5 Å². The topological polar surface area (TPSA) is 94.2 Å². The number of morpholine rings is 1. The molecule has 0 aliphatic carbocycles. The number of nitrogens with zero attached hydrogens (tertiary/aromatic N) is 1. The van der Waals surface area contributed by atoms with E-state index in [0.717, 1.165) is 5.56 Å². The quantitative estimate of drug-likeness (QED) is 0.633. The maximum Gasteiger partial charge on any atom is 0.251 e. The van der Waals surface area contributed by atoms with E-state index < -0.39 is 10.0 Å². The fraction of sp³-hybridized carbons (Fsp3) is 0.409. The largest absolute Gasteiger partial charge is 0.490 e.